The number of rotatable bonds is 4. The van der Waals surface area contributed by atoms with Crippen LogP contribution in [0, 0.1) is 12.7 Å². The maximum Gasteiger partial charge on any atom is 0.262 e. The quantitative estimate of drug-likeness (QED) is 0.817. The van der Waals surface area contributed by atoms with Gasteiger partial charge in [-0.25, -0.2) is 12.8 Å². The molecule has 2 N–H and O–H groups in total. The Hall–Kier alpha value is -2.74. The first-order valence-electron chi connectivity index (χ1n) is 9.09. The lowest BCUT2D eigenvalue weighted by Gasteiger charge is -2.11. The molecule has 28 heavy (non-hydrogen) atoms. The van der Waals surface area contributed by atoms with Crippen LogP contribution < -0.4 is 10.0 Å². The van der Waals surface area contributed by atoms with Gasteiger partial charge in [-0.1, -0.05) is 18.6 Å². The fourth-order valence-corrected chi connectivity index (χ4v) is 3.98. The molecule has 0 fully saturated rings. The average molecular weight is 403 g/mol. The number of amidine groups is 1. The van der Waals surface area contributed by atoms with E-state index in [1.54, 1.807) is 13.0 Å². The molecule has 0 radical (unpaired) electrons. The molecule has 1 amide bonds. The van der Waals surface area contributed by atoms with E-state index in [0.717, 1.165) is 25.3 Å². The van der Waals surface area contributed by atoms with Gasteiger partial charge in [0.25, 0.3) is 15.9 Å². The summed E-state index contributed by atoms with van der Waals surface area (Å²) in [5, 5.41) is 2.60. The van der Waals surface area contributed by atoms with E-state index in [0.29, 0.717) is 30.1 Å². The van der Waals surface area contributed by atoms with Gasteiger partial charge in [-0.05, 0) is 55.7 Å². The van der Waals surface area contributed by atoms with Crippen LogP contribution >= 0.6 is 0 Å². The molecule has 2 aromatic carbocycles. The Morgan fingerprint density at radius 1 is 1.11 bits per heavy atom. The molecule has 0 saturated heterocycles. The minimum absolute atomic E-state index is 0.0207. The minimum atomic E-state index is -3.80. The second-order valence-corrected chi connectivity index (χ2v) is 8.37. The van der Waals surface area contributed by atoms with Crippen LogP contribution in [-0.2, 0) is 10.0 Å². The Bertz CT molecular complexity index is 1020. The number of anilines is 1. The summed E-state index contributed by atoms with van der Waals surface area (Å²) < 4.78 is 41.5. The fraction of sp³-hybridized carbons (Fsp3) is 0.300. The molecule has 1 aliphatic rings. The Morgan fingerprint density at radius 3 is 2.71 bits per heavy atom. The summed E-state index contributed by atoms with van der Waals surface area (Å²) in [6.45, 7) is 2.22. The van der Waals surface area contributed by atoms with E-state index in [1.165, 1.54) is 30.3 Å². The number of aliphatic imine (C=N–C) groups is 1. The molecule has 1 heterocycles. The van der Waals surface area contributed by atoms with E-state index in [1.807, 2.05) is 0 Å². The first-order valence-corrected chi connectivity index (χ1v) is 10.6. The number of amides is 1. The van der Waals surface area contributed by atoms with Crippen molar-refractivity contribution in [2.75, 3.05) is 11.9 Å². The minimum Gasteiger partial charge on any atom is -0.322 e. The number of nitrogens with zero attached hydrogens (tertiary/aromatic N) is 1. The van der Waals surface area contributed by atoms with Crippen LogP contribution in [0.2, 0.25) is 0 Å². The highest BCUT2D eigenvalue weighted by molar-refractivity contribution is 7.90. The fourth-order valence-electron chi connectivity index (χ4n) is 2.85. The lowest BCUT2D eigenvalue weighted by atomic mass is 10.1. The predicted molar refractivity (Wildman–Crippen MR) is 107 cm³/mol. The van der Waals surface area contributed by atoms with Crippen molar-refractivity contribution in [2.24, 2.45) is 4.99 Å². The van der Waals surface area contributed by atoms with Gasteiger partial charge in [0.05, 0.1) is 4.90 Å². The van der Waals surface area contributed by atoms with Crippen molar-refractivity contribution in [3.63, 3.8) is 0 Å². The van der Waals surface area contributed by atoms with E-state index < -0.39 is 21.7 Å². The standard InChI is InChI=1S/C20H22FN3O3S/c1-14-9-10-15(12-18(14)21)20(25)23-16-6-5-7-17(13-16)28(26,27)24-19-8-3-2-4-11-22-19/h5-7,9-10,12-13H,2-4,8,11H2,1H3,(H,22,24)(H,23,25). The average Bonchev–Trinajstić information content (AvgIpc) is 2.92. The number of aryl methyl sites for hydroxylation is 1. The highest BCUT2D eigenvalue weighted by atomic mass is 32.2. The van der Waals surface area contributed by atoms with Gasteiger partial charge in [-0.15, -0.1) is 0 Å². The van der Waals surface area contributed by atoms with Crippen molar-refractivity contribution in [2.45, 2.75) is 37.5 Å². The summed E-state index contributed by atoms with van der Waals surface area (Å²) in [5.41, 5.74) is 0.899. The Labute approximate surface area is 163 Å². The van der Waals surface area contributed by atoms with Crippen LogP contribution in [0.5, 0.6) is 0 Å². The molecule has 3 rings (SSSR count). The van der Waals surface area contributed by atoms with Crippen LogP contribution in [-0.4, -0.2) is 26.7 Å². The number of nitrogens with one attached hydrogen (secondary N) is 2. The van der Waals surface area contributed by atoms with Crippen LogP contribution in [0.4, 0.5) is 10.1 Å². The van der Waals surface area contributed by atoms with Crippen molar-refractivity contribution < 1.29 is 17.6 Å². The lowest BCUT2D eigenvalue weighted by Crippen LogP contribution is -2.30. The summed E-state index contributed by atoms with van der Waals surface area (Å²) in [6.07, 6.45) is 3.46. The van der Waals surface area contributed by atoms with Gasteiger partial charge >= 0.3 is 0 Å². The number of benzene rings is 2. The van der Waals surface area contributed by atoms with Crippen LogP contribution in [0.1, 0.15) is 41.6 Å². The van der Waals surface area contributed by atoms with E-state index in [-0.39, 0.29) is 10.5 Å². The Balaban J connectivity index is 1.76. The molecule has 148 valence electrons. The van der Waals surface area contributed by atoms with Crippen molar-refractivity contribution in [3.05, 3.63) is 59.4 Å². The zero-order chi connectivity index (χ0) is 20.1. The van der Waals surface area contributed by atoms with Crippen LogP contribution in [0.3, 0.4) is 0 Å². The molecule has 0 aromatic heterocycles. The van der Waals surface area contributed by atoms with E-state index in [9.17, 15) is 17.6 Å². The molecule has 0 spiro atoms. The number of halogens is 1. The van der Waals surface area contributed by atoms with E-state index >= 15 is 0 Å². The Kier molecular flexibility index (Phi) is 6.08. The molecule has 0 atom stereocenters. The summed E-state index contributed by atoms with van der Waals surface area (Å²) in [6, 6.07) is 10.1. The third-order valence-electron chi connectivity index (χ3n) is 4.46. The second kappa shape index (κ2) is 8.52. The van der Waals surface area contributed by atoms with Gasteiger partial charge in [0, 0.05) is 24.2 Å². The van der Waals surface area contributed by atoms with E-state index in [2.05, 4.69) is 15.0 Å². The van der Waals surface area contributed by atoms with Crippen LogP contribution in [0.15, 0.2) is 52.4 Å². The zero-order valence-corrected chi connectivity index (χ0v) is 16.4. The molecule has 2 aromatic rings. The molecule has 6 nitrogen and oxygen atoms in total. The third kappa shape index (κ3) is 4.95. The highest BCUT2D eigenvalue weighted by Crippen LogP contribution is 2.18. The number of hydrogen-bond donors (Lipinski definition) is 2. The molecule has 8 heteroatoms. The SMILES string of the molecule is Cc1ccc(C(=O)Nc2cccc(S(=O)(=O)NC3=NCCCCC3)c2)cc1F. The maximum absolute atomic E-state index is 13.7. The molecule has 0 unspecified atom stereocenters. The summed E-state index contributed by atoms with van der Waals surface area (Å²) in [7, 11) is -3.80. The molecular formula is C20H22FN3O3S. The van der Waals surface area contributed by atoms with Crippen LogP contribution in [0.25, 0.3) is 0 Å². The summed E-state index contributed by atoms with van der Waals surface area (Å²) in [5.74, 6) is -0.533. The predicted octanol–water partition coefficient (Wildman–Crippen LogP) is 3.64. The van der Waals surface area contributed by atoms with Crippen molar-refractivity contribution in [3.8, 4) is 0 Å². The Morgan fingerprint density at radius 2 is 1.93 bits per heavy atom. The largest absolute Gasteiger partial charge is 0.322 e. The molecule has 1 aliphatic heterocycles. The summed E-state index contributed by atoms with van der Waals surface area (Å²) in [4.78, 5) is 16.6. The van der Waals surface area contributed by atoms with Crippen molar-refractivity contribution >= 4 is 27.5 Å². The van der Waals surface area contributed by atoms with Gasteiger partial charge in [0.1, 0.15) is 11.7 Å². The van der Waals surface area contributed by atoms with Gasteiger partial charge in [0.2, 0.25) is 0 Å². The normalized spacial score (nSPS) is 14.7. The zero-order valence-electron chi connectivity index (χ0n) is 15.5. The van der Waals surface area contributed by atoms with Gasteiger partial charge < -0.3 is 5.32 Å². The molecule has 0 saturated carbocycles. The smallest absolute Gasteiger partial charge is 0.262 e. The molecule has 0 bridgehead atoms. The summed E-state index contributed by atoms with van der Waals surface area (Å²) >= 11 is 0. The first-order chi connectivity index (χ1) is 13.3. The van der Waals surface area contributed by atoms with Gasteiger partial charge in [-0.3, -0.25) is 14.5 Å². The lowest BCUT2D eigenvalue weighted by molar-refractivity contribution is 0.102. The monoisotopic (exact) mass is 403 g/mol. The number of sulfonamides is 1. The number of carbonyl (C=O) groups excluding carboxylic acids is 1. The van der Waals surface area contributed by atoms with Crippen molar-refractivity contribution in [1.82, 2.24) is 4.72 Å². The third-order valence-corrected chi connectivity index (χ3v) is 5.84. The number of carbonyl (C=O) groups is 1. The van der Waals surface area contributed by atoms with E-state index in [4.69, 9.17) is 0 Å². The molecule has 0 aliphatic carbocycles. The van der Waals surface area contributed by atoms with Crippen molar-refractivity contribution in [1.29, 1.82) is 0 Å². The second-order valence-electron chi connectivity index (χ2n) is 6.69. The highest BCUT2D eigenvalue weighted by Gasteiger charge is 2.18. The van der Waals surface area contributed by atoms with Gasteiger partial charge in [0.15, 0.2) is 0 Å². The first kappa shape index (κ1) is 20.0. The topological polar surface area (TPSA) is 87.6 Å². The number of hydrogen-bond acceptors (Lipinski definition) is 4. The van der Waals surface area contributed by atoms with Gasteiger partial charge in [-0.2, -0.15) is 0 Å². The maximum atomic E-state index is 13.7. The molecular weight excluding hydrogens is 381 g/mol.